The molecular weight excluding hydrogens is 481 g/mol. The van der Waals surface area contributed by atoms with Crippen LogP contribution in [0.3, 0.4) is 0 Å². The molecule has 2 amide bonds. The quantitative estimate of drug-likeness (QED) is 0.305. The first-order valence-corrected chi connectivity index (χ1v) is 11.8. The molecule has 3 aromatic rings. The first-order chi connectivity index (χ1) is 15.8. The lowest BCUT2D eigenvalue weighted by Crippen LogP contribution is -2.28. The molecular formula is C23H23Cl2N5O2S. The Morgan fingerprint density at radius 1 is 1.18 bits per heavy atom. The van der Waals surface area contributed by atoms with Gasteiger partial charge in [-0.05, 0) is 44.2 Å². The number of amides is 2. The van der Waals surface area contributed by atoms with E-state index in [1.165, 1.54) is 11.8 Å². The average Bonchev–Trinajstić information content (AvgIpc) is 3.18. The van der Waals surface area contributed by atoms with Crippen molar-refractivity contribution in [2.75, 3.05) is 11.1 Å². The van der Waals surface area contributed by atoms with Gasteiger partial charge in [-0.1, -0.05) is 58.7 Å². The summed E-state index contributed by atoms with van der Waals surface area (Å²) in [6.07, 6.45) is 1.71. The molecule has 1 atom stereocenters. The van der Waals surface area contributed by atoms with Crippen LogP contribution in [0.5, 0.6) is 0 Å². The van der Waals surface area contributed by atoms with E-state index in [4.69, 9.17) is 23.2 Å². The summed E-state index contributed by atoms with van der Waals surface area (Å²) in [5.41, 5.74) is 2.13. The van der Waals surface area contributed by atoms with Crippen LogP contribution in [-0.4, -0.2) is 32.3 Å². The fraction of sp³-hybridized carbons (Fsp3) is 0.217. The van der Waals surface area contributed by atoms with E-state index < -0.39 is 6.04 Å². The summed E-state index contributed by atoms with van der Waals surface area (Å²) in [5, 5.41) is 15.5. The molecule has 1 heterocycles. The SMILES string of the molecule is C=CCn1c(SCC(=O)Nc2ccc(Cl)c(Cl)c2)nnc1[C@@H](C)NC(=O)c1cccc(C)c1. The van der Waals surface area contributed by atoms with Crippen LogP contribution in [-0.2, 0) is 11.3 Å². The highest BCUT2D eigenvalue weighted by atomic mass is 35.5. The van der Waals surface area contributed by atoms with Gasteiger partial charge < -0.3 is 15.2 Å². The van der Waals surface area contributed by atoms with Gasteiger partial charge in [0, 0.05) is 17.8 Å². The molecule has 0 spiro atoms. The van der Waals surface area contributed by atoms with Crippen LogP contribution in [0.4, 0.5) is 5.69 Å². The van der Waals surface area contributed by atoms with Crippen molar-refractivity contribution in [2.24, 2.45) is 0 Å². The molecule has 0 aliphatic heterocycles. The number of nitrogens with one attached hydrogen (secondary N) is 2. The lowest BCUT2D eigenvalue weighted by molar-refractivity contribution is -0.113. The third-order valence-electron chi connectivity index (χ3n) is 4.61. The number of hydrogen-bond acceptors (Lipinski definition) is 5. The summed E-state index contributed by atoms with van der Waals surface area (Å²) in [4.78, 5) is 25.0. The van der Waals surface area contributed by atoms with Crippen LogP contribution in [0, 0.1) is 6.92 Å². The normalized spacial score (nSPS) is 11.6. The minimum Gasteiger partial charge on any atom is -0.342 e. The number of benzene rings is 2. The number of anilines is 1. The van der Waals surface area contributed by atoms with Crippen LogP contribution in [0.1, 0.15) is 34.7 Å². The average molecular weight is 504 g/mol. The molecule has 0 saturated carbocycles. The van der Waals surface area contributed by atoms with Crippen molar-refractivity contribution in [1.82, 2.24) is 20.1 Å². The van der Waals surface area contributed by atoms with Gasteiger partial charge in [0.05, 0.1) is 21.8 Å². The predicted molar refractivity (Wildman–Crippen MR) is 133 cm³/mol. The Labute approximate surface area is 206 Å². The zero-order valence-electron chi connectivity index (χ0n) is 18.1. The maximum absolute atomic E-state index is 12.6. The van der Waals surface area contributed by atoms with Crippen molar-refractivity contribution in [3.05, 3.63) is 82.1 Å². The third kappa shape index (κ3) is 6.60. The zero-order valence-corrected chi connectivity index (χ0v) is 20.5. The molecule has 0 aliphatic carbocycles. The Morgan fingerprint density at radius 3 is 2.67 bits per heavy atom. The van der Waals surface area contributed by atoms with Crippen LogP contribution in [0.25, 0.3) is 0 Å². The molecule has 0 fully saturated rings. The number of aromatic nitrogens is 3. The highest BCUT2D eigenvalue weighted by Gasteiger charge is 2.20. The first kappa shape index (κ1) is 24.8. The van der Waals surface area contributed by atoms with Crippen molar-refractivity contribution in [3.63, 3.8) is 0 Å². The van der Waals surface area contributed by atoms with Crippen LogP contribution < -0.4 is 10.6 Å². The summed E-state index contributed by atoms with van der Waals surface area (Å²) < 4.78 is 1.82. The molecule has 0 unspecified atom stereocenters. The fourth-order valence-electron chi connectivity index (χ4n) is 3.06. The second-order valence-corrected chi connectivity index (χ2v) is 9.03. The van der Waals surface area contributed by atoms with Gasteiger partial charge >= 0.3 is 0 Å². The number of thioether (sulfide) groups is 1. The summed E-state index contributed by atoms with van der Waals surface area (Å²) in [6, 6.07) is 11.8. The molecule has 7 nitrogen and oxygen atoms in total. The number of halogens is 2. The molecule has 10 heteroatoms. The molecule has 0 aliphatic rings. The minimum atomic E-state index is -0.398. The van der Waals surface area contributed by atoms with Gasteiger partial charge in [0.15, 0.2) is 11.0 Å². The Balaban J connectivity index is 1.66. The Hall–Kier alpha value is -2.81. The Bertz CT molecular complexity index is 1180. The van der Waals surface area contributed by atoms with E-state index in [-0.39, 0.29) is 17.6 Å². The van der Waals surface area contributed by atoms with Crippen molar-refractivity contribution in [3.8, 4) is 0 Å². The topological polar surface area (TPSA) is 88.9 Å². The number of nitrogens with zero attached hydrogens (tertiary/aromatic N) is 3. The zero-order chi connectivity index (χ0) is 24.0. The van der Waals surface area contributed by atoms with Gasteiger partial charge in [0.1, 0.15) is 0 Å². The number of carbonyl (C=O) groups is 2. The van der Waals surface area contributed by atoms with Gasteiger partial charge in [-0.3, -0.25) is 9.59 Å². The van der Waals surface area contributed by atoms with Crippen molar-refractivity contribution < 1.29 is 9.59 Å². The molecule has 3 rings (SSSR count). The molecule has 0 saturated heterocycles. The largest absolute Gasteiger partial charge is 0.342 e. The number of allylic oxidation sites excluding steroid dienone is 1. The maximum Gasteiger partial charge on any atom is 0.251 e. The van der Waals surface area contributed by atoms with E-state index in [1.54, 1.807) is 30.3 Å². The molecule has 2 N–H and O–H groups in total. The molecule has 172 valence electrons. The number of carbonyl (C=O) groups excluding carboxylic acids is 2. The van der Waals surface area contributed by atoms with Gasteiger partial charge in [-0.25, -0.2) is 0 Å². The lowest BCUT2D eigenvalue weighted by atomic mass is 10.1. The fourth-order valence-corrected chi connectivity index (χ4v) is 4.11. The van der Waals surface area contributed by atoms with Gasteiger partial charge in [-0.15, -0.1) is 16.8 Å². The highest BCUT2D eigenvalue weighted by molar-refractivity contribution is 7.99. The monoisotopic (exact) mass is 503 g/mol. The second kappa shape index (κ2) is 11.4. The van der Waals surface area contributed by atoms with Gasteiger partial charge in [-0.2, -0.15) is 0 Å². The number of aryl methyl sites for hydroxylation is 1. The third-order valence-corrected chi connectivity index (χ3v) is 6.31. The van der Waals surface area contributed by atoms with Crippen molar-refractivity contribution in [1.29, 1.82) is 0 Å². The summed E-state index contributed by atoms with van der Waals surface area (Å²) in [6.45, 7) is 7.99. The van der Waals surface area contributed by atoms with E-state index in [1.807, 2.05) is 36.6 Å². The Morgan fingerprint density at radius 2 is 1.97 bits per heavy atom. The second-order valence-electron chi connectivity index (χ2n) is 7.27. The van der Waals surface area contributed by atoms with Crippen LogP contribution in [0.15, 0.2) is 60.3 Å². The maximum atomic E-state index is 12.6. The molecule has 33 heavy (non-hydrogen) atoms. The summed E-state index contributed by atoms with van der Waals surface area (Å²) in [5.74, 6) is 0.256. The van der Waals surface area contributed by atoms with E-state index in [0.29, 0.717) is 38.8 Å². The minimum absolute atomic E-state index is 0.111. The van der Waals surface area contributed by atoms with E-state index in [2.05, 4.69) is 27.4 Å². The molecule has 0 radical (unpaired) electrons. The first-order valence-electron chi connectivity index (χ1n) is 10.1. The van der Waals surface area contributed by atoms with Gasteiger partial charge in [0.25, 0.3) is 5.91 Å². The lowest BCUT2D eigenvalue weighted by Gasteiger charge is -2.15. The van der Waals surface area contributed by atoms with Crippen LogP contribution in [0.2, 0.25) is 10.0 Å². The summed E-state index contributed by atoms with van der Waals surface area (Å²) >= 11 is 13.1. The Kier molecular flexibility index (Phi) is 8.55. The highest BCUT2D eigenvalue weighted by Crippen LogP contribution is 2.26. The standard InChI is InChI=1S/C23H23Cl2N5O2S/c1-4-10-30-21(15(3)26-22(32)16-7-5-6-14(2)11-16)28-29-23(30)33-13-20(31)27-17-8-9-18(24)19(25)12-17/h4-9,11-12,15H,1,10,13H2,2-3H3,(H,26,32)(H,27,31)/t15-/m1/s1. The number of rotatable bonds is 9. The van der Waals surface area contributed by atoms with Crippen molar-refractivity contribution in [2.45, 2.75) is 31.6 Å². The van der Waals surface area contributed by atoms with Gasteiger partial charge in [0.2, 0.25) is 5.91 Å². The molecule has 1 aromatic heterocycles. The van der Waals surface area contributed by atoms with E-state index in [0.717, 1.165) is 5.56 Å². The molecule has 2 aromatic carbocycles. The molecule has 0 bridgehead atoms. The number of hydrogen-bond donors (Lipinski definition) is 2. The predicted octanol–water partition coefficient (Wildman–Crippen LogP) is 5.30. The smallest absolute Gasteiger partial charge is 0.251 e. The van der Waals surface area contributed by atoms with Crippen molar-refractivity contribution >= 4 is 52.5 Å². The van der Waals surface area contributed by atoms with E-state index >= 15 is 0 Å². The van der Waals surface area contributed by atoms with E-state index in [9.17, 15) is 9.59 Å². The van der Waals surface area contributed by atoms with Crippen LogP contribution >= 0.6 is 35.0 Å². The summed E-state index contributed by atoms with van der Waals surface area (Å²) in [7, 11) is 0.